The standard InChI is InChI=1S/C23H25N5OS/c1-15-7-6-12-28-19(29)13-18(24-20(15)28)14-30-22-26-25-21(27(22)5)16-8-10-17(11-9-16)23(2,3)4/h6-13H,14H2,1-5H3. The van der Waals surface area contributed by atoms with Gasteiger partial charge in [0.15, 0.2) is 11.0 Å². The van der Waals surface area contributed by atoms with Gasteiger partial charge in [0.2, 0.25) is 0 Å². The number of hydrogen-bond acceptors (Lipinski definition) is 5. The lowest BCUT2D eigenvalue weighted by Crippen LogP contribution is -2.15. The van der Waals surface area contributed by atoms with Crippen LogP contribution in [0.1, 0.15) is 37.6 Å². The van der Waals surface area contributed by atoms with E-state index in [4.69, 9.17) is 0 Å². The van der Waals surface area contributed by atoms with E-state index in [0.717, 1.165) is 27.8 Å². The minimum Gasteiger partial charge on any atom is -0.305 e. The number of hydrogen-bond donors (Lipinski definition) is 0. The van der Waals surface area contributed by atoms with Gasteiger partial charge in [-0.15, -0.1) is 10.2 Å². The van der Waals surface area contributed by atoms with Gasteiger partial charge in [-0.25, -0.2) is 4.98 Å². The number of rotatable bonds is 4. The molecule has 3 aromatic heterocycles. The highest BCUT2D eigenvalue weighted by Gasteiger charge is 2.16. The van der Waals surface area contributed by atoms with Gasteiger partial charge in [-0.1, -0.05) is 62.9 Å². The molecule has 30 heavy (non-hydrogen) atoms. The number of fused-ring (bicyclic) bond motifs is 1. The second-order valence-corrected chi connectivity index (χ2v) is 9.39. The Morgan fingerprint density at radius 1 is 1.07 bits per heavy atom. The fourth-order valence-corrected chi connectivity index (χ4v) is 4.14. The quantitative estimate of drug-likeness (QED) is 0.459. The topological polar surface area (TPSA) is 65.1 Å². The molecule has 0 radical (unpaired) electrons. The normalized spacial score (nSPS) is 11.9. The molecule has 4 rings (SSSR count). The van der Waals surface area contributed by atoms with E-state index in [2.05, 4.69) is 60.2 Å². The van der Waals surface area contributed by atoms with Gasteiger partial charge < -0.3 is 4.57 Å². The molecule has 7 heteroatoms. The molecule has 0 amide bonds. The highest BCUT2D eigenvalue weighted by molar-refractivity contribution is 7.98. The largest absolute Gasteiger partial charge is 0.305 e. The van der Waals surface area contributed by atoms with Crippen molar-refractivity contribution < 1.29 is 0 Å². The van der Waals surface area contributed by atoms with Gasteiger partial charge >= 0.3 is 0 Å². The molecule has 0 saturated carbocycles. The summed E-state index contributed by atoms with van der Waals surface area (Å²) in [6, 6.07) is 13.9. The second-order valence-electron chi connectivity index (χ2n) is 8.45. The predicted molar refractivity (Wildman–Crippen MR) is 121 cm³/mol. The van der Waals surface area contributed by atoms with Crippen LogP contribution in [0.4, 0.5) is 0 Å². The Hall–Kier alpha value is -2.93. The molecule has 0 aliphatic carbocycles. The third-order valence-corrected chi connectivity index (χ3v) is 6.19. The Kier molecular flexibility index (Phi) is 5.24. The Labute approximate surface area is 180 Å². The van der Waals surface area contributed by atoms with Crippen molar-refractivity contribution in [2.75, 3.05) is 0 Å². The van der Waals surface area contributed by atoms with E-state index in [-0.39, 0.29) is 11.0 Å². The molecule has 154 valence electrons. The van der Waals surface area contributed by atoms with Crippen LogP contribution in [0, 0.1) is 6.92 Å². The van der Waals surface area contributed by atoms with Crippen molar-refractivity contribution in [1.29, 1.82) is 0 Å². The van der Waals surface area contributed by atoms with Gasteiger partial charge in [0, 0.05) is 30.6 Å². The molecule has 0 N–H and O–H groups in total. The summed E-state index contributed by atoms with van der Waals surface area (Å²) in [4.78, 5) is 17.1. The van der Waals surface area contributed by atoms with Crippen molar-refractivity contribution in [1.82, 2.24) is 24.1 Å². The van der Waals surface area contributed by atoms with Crippen LogP contribution in [0.15, 0.2) is 58.6 Å². The summed E-state index contributed by atoms with van der Waals surface area (Å²) >= 11 is 1.52. The van der Waals surface area contributed by atoms with Crippen LogP contribution in [0.25, 0.3) is 17.0 Å². The summed E-state index contributed by atoms with van der Waals surface area (Å²) in [6.45, 7) is 8.56. The maximum atomic E-state index is 12.4. The number of aryl methyl sites for hydroxylation is 1. The van der Waals surface area contributed by atoms with Crippen molar-refractivity contribution in [3.63, 3.8) is 0 Å². The van der Waals surface area contributed by atoms with E-state index in [1.165, 1.54) is 17.3 Å². The number of nitrogens with zero attached hydrogens (tertiary/aromatic N) is 5. The lowest BCUT2D eigenvalue weighted by atomic mass is 9.87. The number of thioether (sulfide) groups is 1. The molecule has 0 fully saturated rings. The summed E-state index contributed by atoms with van der Waals surface area (Å²) in [6.07, 6.45) is 1.74. The molecule has 0 saturated heterocycles. The summed E-state index contributed by atoms with van der Waals surface area (Å²) in [5, 5.41) is 9.51. The molecular weight excluding hydrogens is 394 g/mol. The Morgan fingerprint density at radius 3 is 2.50 bits per heavy atom. The maximum absolute atomic E-state index is 12.4. The smallest absolute Gasteiger partial charge is 0.258 e. The van der Waals surface area contributed by atoms with Crippen molar-refractivity contribution in [2.24, 2.45) is 7.05 Å². The molecule has 0 aliphatic heterocycles. The van der Waals surface area contributed by atoms with Gasteiger partial charge in [-0.2, -0.15) is 0 Å². The lowest BCUT2D eigenvalue weighted by molar-refractivity contribution is 0.590. The van der Waals surface area contributed by atoms with Gasteiger partial charge in [0.05, 0.1) is 5.69 Å². The highest BCUT2D eigenvalue weighted by atomic mass is 32.2. The minimum absolute atomic E-state index is 0.0723. The molecule has 0 spiro atoms. The van der Waals surface area contributed by atoms with Gasteiger partial charge in [0.1, 0.15) is 5.65 Å². The van der Waals surface area contributed by atoms with Gasteiger partial charge in [0.25, 0.3) is 5.56 Å². The zero-order chi connectivity index (χ0) is 21.5. The van der Waals surface area contributed by atoms with E-state index in [9.17, 15) is 4.79 Å². The number of pyridine rings is 1. The zero-order valence-corrected chi connectivity index (χ0v) is 18.7. The molecule has 0 unspecified atom stereocenters. The van der Waals surface area contributed by atoms with Crippen molar-refractivity contribution in [3.05, 3.63) is 75.8 Å². The van der Waals surface area contributed by atoms with E-state index in [1.54, 1.807) is 16.7 Å². The first-order valence-electron chi connectivity index (χ1n) is 9.85. The van der Waals surface area contributed by atoms with Crippen LogP contribution < -0.4 is 5.56 Å². The monoisotopic (exact) mass is 419 g/mol. The fraction of sp³-hybridized carbons (Fsp3) is 0.304. The van der Waals surface area contributed by atoms with Gasteiger partial charge in [-0.3, -0.25) is 9.20 Å². The van der Waals surface area contributed by atoms with Crippen LogP contribution >= 0.6 is 11.8 Å². The third kappa shape index (κ3) is 3.89. The van der Waals surface area contributed by atoms with E-state index in [0.29, 0.717) is 11.4 Å². The van der Waals surface area contributed by atoms with Crippen molar-refractivity contribution >= 4 is 17.4 Å². The molecule has 6 nitrogen and oxygen atoms in total. The van der Waals surface area contributed by atoms with Crippen molar-refractivity contribution in [3.8, 4) is 11.4 Å². The summed E-state index contributed by atoms with van der Waals surface area (Å²) in [7, 11) is 1.96. The lowest BCUT2D eigenvalue weighted by Gasteiger charge is -2.19. The first-order chi connectivity index (χ1) is 14.2. The molecule has 1 aromatic carbocycles. The molecule has 0 bridgehead atoms. The summed E-state index contributed by atoms with van der Waals surface area (Å²) in [5.74, 6) is 1.37. The van der Waals surface area contributed by atoms with Crippen LogP contribution in [0.3, 0.4) is 0 Å². The average Bonchev–Trinajstić information content (AvgIpc) is 3.07. The summed E-state index contributed by atoms with van der Waals surface area (Å²) in [5.41, 5.74) is 4.76. The molecule has 0 atom stereocenters. The number of aromatic nitrogens is 5. The van der Waals surface area contributed by atoms with Gasteiger partial charge in [-0.05, 0) is 29.5 Å². The Balaban J connectivity index is 1.56. The second kappa shape index (κ2) is 7.72. The molecule has 4 aromatic rings. The van der Waals surface area contributed by atoms with E-state index in [1.807, 2.05) is 30.7 Å². The SMILES string of the molecule is Cc1cccn2c(=O)cc(CSc3nnc(-c4ccc(C(C)(C)C)cc4)n3C)nc12. The zero-order valence-electron chi connectivity index (χ0n) is 17.9. The summed E-state index contributed by atoms with van der Waals surface area (Å²) < 4.78 is 3.56. The van der Waals surface area contributed by atoms with E-state index < -0.39 is 0 Å². The van der Waals surface area contributed by atoms with Crippen LogP contribution in [-0.2, 0) is 18.2 Å². The van der Waals surface area contributed by atoms with Crippen LogP contribution in [0.5, 0.6) is 0 Å². The average molecular weight is 420 g/mol. The molecular formula is C23H25N5OS. The first-order valence-corrected chi connectivity index (χ1v) is 10.8. The van der Waals surface area contributed by atoms with Crippen LogP contribution in [0.2, 0.25) is 0 Å². The van der Waals surface area contributed by atoms with Crippen LogP contribution in [-0.4, -0.2) is 24.1 Å². The predicted octanol–water partition coefficient (Wildman–Crippen LogP) is 4.39. The Morgan fingerprint density at radius 2 is 1.80 bits per heavy atom. The first kappa shape index (κ1) is 20.3. The number of benzene rings is 1. The molecule has 0 aliphatic rings. The van der Waals surface area contributed by atoms with E-state index >= 15 is 0 Å². The van der Waals surface area contributed by atoms with Crippen molar-refractivity contribution in [2.45, 2.75) is 44.0 Å². The Bertz CT molecular complexity index is 1270. The molecule has 3 heterocycles. The highest BCUT2D eigenvalue weighted by Crippen LogP contribution is 2.27. The maximum Gasteiger partial charge on any atom is 0.258 e. The third-order valence-electron chi connectivity index (χ3n) is 5.13. The fourth-order valence-electron chi connectivity index (χ4n) is 3.33. The minimum atomic E-state index is -0.0723.